The highest BCUT2D eigenvalue weighted by molar-refractivity contribution is 5.81. The molecule has 2 aromatic carbocycles. The molecule has 1 aliphatic rings. The molecule has 2 N–H and O–H groups in total. The predicted molar refractivity (Wildman–Crippen MR) is 89.2 cm³/mol. The van der Waals surface area contributed by atoms with E-state index in [1.807, 2.05) is 47.5 Å². The van der Waals surface area contributed by atoms with Crippen LogP contribution < -0.4 is 5.73 Å². The Morgan fingerprint density at radius 1 is 1.00 bits per heavy atom. The summed E-state index contributed by atoms with van der Waals surface area (Å²) in [6.45, 7) is 0.755. The third-order valence-electron chi connectivity index (χ3n) is 4.15. The fourth-order valence-electron chi connectivity index (χ4n) is 3.00. The molecule has 1 aromatic heterocycles. The Labute approximate surface area is 134 Å². The zero-order valence-electron chi connectivity index (χ0n) is 12.7. The van der Waals surface area contributed by atoms with Crippen molar-refractivity contribution in [1.29, 1.82) is 0 Å². The molecule has 0 saturated heterocycles. The molecule has 0 saturated carbocycles. The van der Waals surface area contributed by atoms with Gasteiger partial charge in [-0.3, -0.25) is 0 Å². The first-order valence-electron chi connectivity index (χ1n) is 7.73. The fourth-order valence-corrected chi connectivity index (χ4v) is 3.00. The summed E-state index contributed by atoms with van der Waals surface area (Å²) in [7, 11) is 0. The number of rotatable bonds is 4. The molecule has 0 radical (unpaired) electrons. The van der Waals surface area contributed by atoms with E-state index in [9.17, 15) is 0 Å². The highest BCUT2D eigenvalue weighted by Crippen LogP contribution is 2.35. The van der Waals surface area contributed by atoms with E-state index >= 15 is 0 Å². The maximum Gasteiger partial charge on any atom is 0.207 e. The number of fused-ring (bicyclic) bond motifs is 1. The summed E-state index contributed by atoms with van der Waals surface area (Å²) in [5.74, 6) is 0.438. The Morgan fingerprint density at radius 2 is 1.78 bits per heavy atom. The molecule has 0 amide bonds. The molecule has 4 heteroatoms. The van der Waals surface area contributed by atoms with Crippen LogP contribution in [0.25, 0.3) is 11.0 Å². The van der Waals surface area contributed by atoms with Crippen LogP contribution in [0.4, 0.5) is 0 Å². The number of nitrogens with zero attached hydrogens (tertiary/aromatic N) is 1. The van der Waals surface area contributed by atoms with Gasteiger partial charge in [0.1, 0.15) is 5.58 Å². The van der Waals surface area contributed by atoms with Gasteiger partial charge in [0.25, 0.3) is 0 Å². The highest BCUT2D eigenvalue weighted by atomic mass is 16.7. The normalized spacial score (nSPS) is 18.1. The molecule has 1 atom stereocenters. The van der Waals surface area contributed by atoms with Gasteiger partial charge < -0.3 is 15.0 Å². The van der Waals surface area contributed by atoms with Crippen molar-refractivity contribution < 1.29 is 9.25 Å². The van der Waals surface area contributed by atoms with Crippen molar-refractivity contribution in [1.82, 2.24) is 5.06 Å². The lowest BCUT2D eigenvalue weighted by Crippen LogP contribution is -2.26. The van der Waals surface area contributed by atoms with Crippen LogP contribution in [-0.2, 0) is 11.3 Å². The lowest BCUT2D eigenvalue weighted by Gasteiger charge is -2.22. The summed E-state index contributed by atoms with van der Waals surface area (Å²) in [6.07, 6.45) is 4.62. The van der Waals surface area contributed by atoms with Gasteiger partial charge in [0.05, 0.1) is 12.3 Å². The SMILES string of the molecule is NC1=CC(c2coc3ccccc23)N(CCc2ccccc2)O1. The summed E-state index contributed by atoms with van der Waals surface area (Å²) in [5.41, 5.74) is 9.13. The molecule has 4 rings (SSSR count). The molecule has 3 aromatic rings. The summed E-state index contributed by atoms with van der Waals surface area (Å²) in [5, 5.41) is 3.01. The van der Waals surface area contributed by atoms with Crippen molar-refractivity contribution >= 4 is 11.0 Å². The van der Waals surface area contributed by atoms with E-state index in [1.165, 1.54) is 5.56 Å². The molecule has 2 heterocycles. The molecule has 0 aliphatic carbocycles. The van der Waals surface area contributed by atoms with E-state index in [2.05, 4.69) is 18.2 Å². The van der Waals surface area contributed by atoms with Crippen LogP contribution in [0, 0.1) is 0 Å². The molecule has 4 nitrogen and oxygen atoms in total. The lowest BCUT2D eigenvalue weighted by atomic mass is 10.0. The van der Waals surface area contributed by atoms with Gasteiger partial charge in [-0.1, -0.05) is 48.5 Å². The van der Waals surface area contributed by atoms with Crippen molar-refractivity contribution in [2.75, 3.05) is 6.54 Å². The minimum Gasteiger partial charge on any atom is -0.464 e. The number of furan rings is 1. The van der Waals surface area contributed by atoms with E-state index in [4.69, 9.17) is 15.0 Å². The quantitative estimate of drug-likeness (QED) is 0.797. The minimum absolute atomic E-state index is 0.0256. The third kappa shape index (κ3) is 2.69. The Morgan fingerprint density at radius 3 is 2.65 bits per heavy atom. The molecule has 0 fully saturated rings. The van der Waals surface area contributed by atoms with Gasteiger partial charge in [0.15, 0.2) is 0 Å². The zero-order chi connectivity index (χ0) is 15.6. The molecular weight excluding hydrogens is 288 g/mol. The van der Waals surface area contributed by atoms with E-state index in [1.54, 1.807) is 6.26 Å². The first-order valence-corrected chi connectivity index (χ1v) is 7.73. The van der Waals surface area contributed by atoms with Crippen LogP contribution in [0.15, 0.2) is 77.2 Å². The Kier molecular flexibility index (Phi) is 3.52. The smallest absolute Gasteiger partial charge is 0.207 e. The van der Waals surface area contributed by atoms with Gasteiger partial charge in [-0.2, -0.15) is 0 Å². The number of hydrogen-bond acceptors (Lipinski definition) is 4. The first-order chi connectivity index (χ1) is 11.3. The van der Waals surface area contributed by atoms with Crippen LogP contribution in [0.3, 0.4) is 0 Å². The molecule has 1 aliphatic heterocycles. The summed E-state index contributed by atoms with van der Waals surface area (Å²) < 4.78 is 5.66. The topological polar surface area (TPSA) is 51.6 Å². The maximum absolute atomic E-state index is 5.90. The number of hydroxylamine groups is 2. The zero-order valence-corrected chi connectivity index (χ0v) is 12.7. The van der Waals surface area contributed by atoms with E-state index < -0.39 is 0 Å². The van der Waals surface area contributed by atoms with Gasteiger partial charge in [0, 0.05) is 23.6 Å². The molecule has 1 unspecified atom stereocenters. The van der Waals surface area contributed by atoms with Crippen molar-refractivity contribution in [2.24, 2.45) is 5.73 Å². The van der Waals surface area contributed by atoms with E-state index in [-0.39, 0.29) is 6.04 Å². The molecular formula is C19H18N2O2. The second-order valence-corrected chi connectivity index (χ2v) is 5.67. The minimum atomic E-state index is -0.0256. The van der Waals surface area contributed by atoms with Crippen LogP contribution in [-0.4, -0.2) is 11.6 Å². The monoisotopic (exact) mass is 306 g/mol. The van der Waals surface area contributed by atoms with Crippen molar-refractivity contribution in [2.45, 2.75) is 12.5 Å². The Bertz CT molecular complexity index is 839. The van der Waals surface area contributed by atoms with Crippen molar-refractivity contribution in [3.8, 4) is 0 Å². The number of para-hydroxylation sites is 1. The van der Waals surface area contributed by atoms with Gasteiger partial charge in [-0.25, -0.2) is 0 Å². The summed E-state index contributed by atoms with van der Waals surface area (Å²) >= 11 is 0. The highest BCUT2D eigenvalue weighted by Gasteiger charge is 2.29. The van der Waals surface area contributed by atoms with Gasteiger partial charge in [-0.15, -0.1) is 5.06 Å². The lowest BCUT2D eigenvalue weighted by molar-refractivity contribution is -0.118. The van der Waals surface area contributed by atoms with Crippen LogP contribution in [0.2, 0.25) is 0 Å². The van der Waals surface area contributed by atoms with Crippen LogP contribution in [0.5, 0.6) is 0 Å². The first kappa shape index (κ1) is 13.9. The van der Waals surface area contributed by atoms with Gasteiger partial charge in [0.2, 0.25) is 5.88 Å². The number of nitrogens with two attached hydrogens (primary N) is 1. The molecule has 0 bridgehead atoms. The van der Waals surface area contributed by atoms with Crippen LogP contribution in [0.1, 0.15) is 17.2 Å². The Balaban J connectivity index is 1.58. The van der Waals surface area contributed by atoms with Crippen molar-refractivity contribution in [3.05, 3.63) is 83.9 Å². The van der Waals surface area contributed by atoms with Gasteiger partial charge in [-0.05, 0) is 18.1 Å². The van der Waals surface area contributed by atoms with E-state index in [0.29, 0.717) is 5.88 Å². The van der Waals surface area contributed by atoms with Gasteiger partial charge >= 0.3 is 0 Å². The molecule has 0 spiro atoms. The third-order valence-corrected chi connectivity index (χ3v) is 4.15. The second kappa shape index (κ2) is 5.82. The van der Waals surface area contributed by atoms with Crippen molar-refractivity contribution in [3.63, 3.8) is 0 Å². The fraction of sp³-hybridized carbons (Fsp3) is 0.158. The Hall–Kier alpha value is -2.72. The summed E-state index contributed by atoms with van der Waals surface area (Å²) in [6, 6.07) is 18.3. The maximum atomic E-state index is 5.90. The summed E-state index contributed by atoms with van der Waals surface area (Å²) in [4.78, 5) is 5.70. The predicted octanol–water partition coefficient (Wildman–Crippen LogP) is 3.76. The van der Waals surface area contributed by atoms with Crippen LogP contribution >= 0.6 is 0 Å². The molecule has 116 valence electrons. The number of benzene rings is 2. The average Bonchev–Trinajstić information content (AvgIpc) is 3.17. The van der Waals surface area contributed by atoms with E-state index in [0.717, 1.165) is 29.5 Å². The average molecular weight is 306 g/mol. The number of hydrogen-bond donors (Lipinski definition) is 1. The molecule has 23 heavy (non-hydrogen) atoms. The standard InChI is InChI=1S/C19H18N2O2/c20-19-12-17(16-13-22-18-9-5-4-8-15(16)18)21(23-19)11-10-14-6-2-1-3-7-14/h1-9,12-13,17H,10-11,20H2. The second-order valence-electron chi connectivity index (χ2n) is 5.67. The largest absolute Gasteiger partial charge is 0.464 e.